The first-order valence-corrected chi connectivity index (χ1v) is 8.45. The van der Waals surface area contributed by atoms with Crippen molar-refractivity contribution in [3.8, 4) is 6.07 Å². The highest BCUT2D eigenvalue weighted by molar-refractivity contribution is 7.16. The van der Waals surface area contributed by atoms with Crippen molar-refractivity contribution >= 4 is 22.2 Å². The van der Waals surface area contributed by atoms with Crippen LogP contribution in [-0.2, 0) is 30.5 Å². The summed E-state index contributed by atoms with van der Waals surface area (Å²) in [7, 11) is 0. The fraction of sp³-hybridized carbons (Fsp3) is 0.333. The fourth-order valence-corrected chi connectivity index (χ4v) is 4.12. The SMILES string of the molecule is CCc1ccc(CC(=O)Nc2sc3c(c2C#N)CCC3)cc1. The van der Waals surface area contributed by atoms with Gasteiger partial charge in [-0.2, -0.15) is 5.26 Å². The van der Waals surface area contributed by atoms with Crippen LogP contribution in [0.15, 0.2) is 24.3 Å². The molecule has 0 saturated heterocycles. The zero-order valence-electron chi connectivity index (χ0n) is 12.6. The molecule has 1 N–H and O–H groups in total. The molecule has 0 spiro atoms. The van der Waals surface area contributed by atoms with Gasteiger partial charge in [-0.05, 0) is 42.4 Å². The van der Waals surface area contributed by atoms with Crippen molar-refractivity contribution in [3.63, 3.8) is 0 Å². The van der Waals surface area contributed by atoms with E-state index in [0.717, 1.165) is 41.8 Å². The Morgan fingerprint density at radius 3 is 2.68 bits per heavy atom. The minimum atomic E-state index is -0.0549. The molecule has 1 aliphatic carbocycles. The Balaban J connectivity index is 1.70. The van der Waals surface area contributed by atoms with Gasteiger partial charge in [0, 0.05) is 4.88 Å². The third-order valence-electron chi connectivity index (χ3n) is 4.08. The molecule has 0 saturated carbocycles. The maximum absolute atomic E-state index is 12.2. The van der Waals surface area contributed by atoms with Gasteiger partial charge in [0.25, 0.3) is 0 Å². The second-order valence-electron chi connectivity index (χ2n) is 5.57. The molecular formula is C18H18N2OS. The average molecular weight is 310 g/mol. The Morgan fingerprint density at radius 2 is 2.00 bits per heavy atom. The number of amides is 1. The first-order valence-electron chi connectivity index (χ1n) is 7.63. The van der Waals surface area contributed by atoms with E-state index in [4.69, 9.17) is 0 Å². The van der Waals surface area contributed by atoms with Crippen LogP contribution >= 0.6 is 11.3 Å². The molecule has 1 heterocycles. The maximum Gasteiger partial charge on any atom is 0.229 e. The minimum absolute atomic E-state index is 0.0549. The average Bonchev–Trinajstić information content (AvgIpc) is 3.08. The predicted molar refractivity (Wildman–Crippen MR) is 89.2 cm³/mol. The van der Waals surface area contributed by atoms with Gasteiger partial charge in [0.2, 0.25) is 5.91 Å². The molecular weight excluding hydrogens is 292 g/mol. The van der Waals surface area contributed by atoms with Gasteiger partial charge in [-0.25, -0.2) is 0 Å². The number of thiophene rings is 1. The Morgan fingerprint density at radius 1 is 1.27 bits per heavy atom. The Labute approximate surface area is 134 Å². The molecule has 0 radical (unpaired) electrons. The summed E-state index contributed by atoms with van der Waals surface area (Å²) in [6.07, 6.45) is 4.45. The highest BCUT2D eigenvalue weighted by atomic mass is 32.1. The summed E-state index contributed by atoms with van der Waals surface area (Å²) < 4.78 is 0. The van der Waals surface area contributed by atoms with Gasteiger partial charge in [-0.15, -0.1) is 11.3 Å². The third-order valence-corrected chi connectivity index (χ3v) is 5.29. The van der Waals surface area contributed by atoms with E-state index in [1.54, 1.807) is 11.3 Å². The lowest BCUT2D eigenvalue weighted by molar-refractivity contribution is -0.115. The van der Waals surface area contributed by atoms with E-state index < -0.39 is 0 Å². The summed E-state index contributed by atoms with van der Waals surface area (Å²) in [4.78, 5) is 13.5. The topological polar surface area (TPSA) is 52.9 Å². The van der Waals surface area contributed by atoms with Crippen molar-refractivity contribution in [2.45, 2.75) is 39.0 Å². The Hall–Kier alpha value is -2.12. The number of nitrogens with zero attached hydrogens (tertiary/aromatic N) is 1. The molecule has 1 aliphatic rings. The van der Waals surface area contributed by atoms with Crippen LogP contribution in [0.2, 0.25) is 0 Å². The highest BCUT2D eigenvalue weighted by Gasteiger charge is 2.22. The third kappa shape index (κ3) is 2.90. The zero-order chi connectivity index (χ0) is 15.5. The van der Waals surface area contributed by atoms with Crippen molar-refractivity contribution in [3.05, 3.63) is 51.4 Å². The first-order chi connectivity index (χ1) is 10.7. The lowest BCUT2D eigenvalue weighted by Crippen LogP contribution is -2.14. The van der Waals surface area contributed by atoms with Crippen LogP contribution in [0.5, 0.6) is 0 Å². The van der Waals surface area contributed by atoms with E-state index in [9.17, 15) is 10.1 Å². The van der Waals surface area contributed by atoms with Gasteiger partial charge < -0.3 is 5.32 Å². The zero-order valence-corrected chi connectivity index (χ0v) is 13.4. The molecule has 0 aliphatic heterocycles. The minimum Gasteiger partial charge on any atom is -0.316 e. The molecule has 0 fully saturated rings. The number of nitrogens with one attached hydrogen (secondary N) is 1. The lowest BCUT2D eigenvalue weighted by atomic mass is 10.1. The van der Waals surface area contributed by atoms with E-state index in [-0.39, 0.29) is 5.91 Å². The van der Waals surface area contributed by atoms with Crippen molar-refractivity contribution in [2.75, 3.05) is 5.32 Å². The van der Waals surface area contributed by atoms with Gasteiger partial charge in [-0.3, -0.25) is 4.79 Å². The van der Waals surface area contributed by atoms with Crippen LogP contribution in [0, 0.1) is 11.3 Å². The number of aryl methyl sites for hydroxylation is 2. The number of hydrogen-bond donors (Lipinski definition) is 1. The molecule has 0 bridgehead atoms. The van der Waals surface area contributed by atoms with Crippen LogP contribution in [0.3, 0.4) is 0 Å². The van der Waals surface area contributed by atoms with Gasteiger partial charge in [0.15, 0.2) is 0 Å². The maximum atomic E-state index is 12.2. The van der Waals surface area contributed by atoms with Gasteiger partial charge in [0.05, 0.1) is 12.0 Å². The molecule has 3 rings (SSSR count). The number of benzene rings is 1. The lowest BCUT2D eigenvalue weighted by Gasteiger charge is -2.05. The van der Waals surface area contributed by atoms with Crippen molar-refractivity contribution < 1.29 is 4.79 Å². The first kappa shape index (κ1) is 14.8. The van der Waals surface area contributed by atoms with Crippen molar-refractivity contribution in [2.24, 2.45) is 0 Å². The van der Waals surface area contributed by atoms with E-state index in [1.165, 1.54) is 10.4 Å². The molecule has 0 atom stereocenters. The second-order valence-corrected chi connectivity index (χ2v) is 6.67. The molecule has 1 aromatic heterocycles. The second kappa shape index (κ2) is 6.33. The molecule has 4 heteroatoms. The van der Waals surface area contributed by atoms with Crippen LogP contribution in [0.25, 0.3) is 0 Å². The quantitative estimate of drug-likeness (QED) is 0.932. The molecule has 1 amide bonds. The summed E-state index contributed by atoms with van der Waals surface area (Å²) in [6.45, 7) is 2.11. The van der Waals surface area contributed by atoms with Crippen LogP contribution in [0.1, 0.15) is 40.5 Å². The number of hydrogen-bond acceptors (Lipinski definition) is 3. The van der Waals surface area contributed by atoms with Gasteiger partial charge >= 0.3 is 0 Å². The van der Waals surface area contributed by atoms with E-state index in [1.807, 2.05) is 12.1 Å². The van der Waals surface area contributed by atoms with Crippen molar-refractivity contribution in [1.29, 1.82) is 5.26 Å². The fourth-order valence-electron chi connectivity index (χ4n) is 2.86. The van der Waals surface area contributed by atoms with Gasteiger partial charge in [-0.1, -0.05) is 31.2 Å². The highest BCUT2D eigenvalue weighted by Crippen LogP contribution is 2.38. The number of nitriles is 1. The number of carbonyl (C=O) groups is 1. The van der Waals surface area contributed by atoms with E-state index in [0.29, 0.717) is 12.0 Å². The summed E-state index contributed by atoms with van der Waals surface area (Å²) in [5.74, 6) is -0.0549. The normalized spacial score (nSPS) is 12.7. The van der Waals surface area contributed by atoms with E-state index in [2.05, 4.69) is 30.4 Å². The molecule has 22 heavy (non-hydrogen) atoms. The van der Waals surface area contributed by atoms with Crippen LogP contribution < -0.4 is 5.32 Å². The molecule has 112 valence electrons. The predicted octanol–water partition coefficient (Wildman–Crippen LogP) is 3.85. The summed E-state index contributed by atoms with van der Waals surface area (Å²) in [5, 5.41) is 13.0. The summed E-state index contributed by atoms with van der Waals surface area (Å²) >= 11 is 1.56. The molecule has 0 unspecified atom stereocenters. The number of fused-ring (bicyclic) bond motifs is 1. The Kier molecular flexibility index (Phi) is 4.26. The number of carbonyl (C=O) groups excluding carboxylic acids is 1. The molecule has 1 aromatic carbocycles. The van der Waals surface area contributed by atoms with Crippen LogP contribution in [0.4, 0.5) is 5.00 Å². The monoisotopic (exact) mass is 310 g/mol. The number of rotatable bonds is 4. The smallest absolute Gasteiger partial charge is 0.229 e. The van der Waals surface area contributed by atoms with E-state index >= 15 is 0 Å². The standard InChI is InChI=1S/C18H18N2OS/c1-2-12-6-8-13(9-7-12)10-17(21)20-18-15(11-19)14-4-3-5-16(14)22-18/h6-9H,2-5,10H2,1H3,(H,20,21). The molecule has 3 nitrogen and oxygen atoms in total. The summed E-state index contributed by atoms with van der Waals surface area (Å²) in [6, 6.07) is 10.4. The summed E-state index contributed by atoms with van der Waals surface area (Å²) in [5.41, 5.74) is 4.09. The van der Waals surface area contributed by atoms with Crippen LogP contribution in [-0.4, -0.2) is 5.91 Å². The number of anilines is 1. The van der Waals surface area contributed by atoms with Crippen molar-refractivity contribution in [1.82, 2.24) is 0 Å². The Bertz CT molecular complexity index is 738. The van der Waals surface area contributed by atoms with Gasteiger partial charge in [0.1, 0.15) is 11.1 Å². The largest absolute Gasteiger partial charge is 0.316 e. The molecule has 2 aromatic rings.